The minimum absolute atomic E-state index is 0.521. The quantitative estimate of drug-likeness (QED) is 0.424. The molecule has 0 aliphatic carbocycles. The summed E-state index contributed by atoms with van der Waals surface area (Å²) in [5, 5.41) is 7.18. The largest absolute Gasteiger partial charge is 0.357 e. The van der Waals surface area contributed by atoms with Crippen LogP contribution in [0, 0.1) is 0 Å². The van der Waals surface area contributed by atoms with Gasteiger partial charge in [-0.15, -0.1) is 0 Å². The Bertz CT molecular complexity index is 698. The number of guanidine groups is 1. The third kappa shape index (κ3) is 7.42. The molecule has 2 rings (SSSR count). The van der Waals surface area contributed by atoms with Gasteiger partial charge in [0, 0.05) is 25.8 Å². The van der Waals surface area contributed by atoms with E-state index in [1.807, 2.05) is 18.3 Å². The van der Waals surface area contributed by atoms with E-state index >= 15 is 0 Å². The number of halogens is 1. The summed E-state index contributed by atoms with van der Waals surface area (Å²) in [5.74, 6) is 0.826. The molecule has 5 nitrogen and oxygen atoms in total. The van der Waals surface area contributed by atoms with Crippen LogP contribution in [0.4, 0.5) is 0 Å². The summed E-state index contributed by atoms with van der Waals surface area (Å²) >= 11 is 5.82. The van der Waals surface area contributed by atoms with Gasteiger partial charge < -0.3 is 15.5 Å². The van der Waals surface area contributed by atoms with Gasteiger partial charge in [0.25, 0.3) is 0 Å². The highest BCUT2D eigenvalue weighted by Gasteiger charge is 2.01. The van der Waals surface area contributed by atoms with Crippen molar-refractivity contribution in [1.82, 2.24) is 20.5 Å². The minimum atomic E-state index is 0.521. The zero-order chi connectivity index (χ0) is 18.8. The zero-order valence-corrected chi connectivity index (χ0v) is 16.6. The Labute approximate surface area is 161 Å². The Morgan fingerprint density at radius 1 is 1.12 bits per heavy atom. The van der Waals surface area contributed by atoms with Crippen LogP contribution in [0.15, 0.2) is 47.6 Å². The molecular formula is C20H28ClN5. The fourth-order valence-electron chi connectivity index (χ4n) is 2.58. The van der Waals surface area contributed by atoms with E-state index in [1.54, 1.807) is 0 Å². The summed E-state index contributed by atoms with van der Waals surface area (Å²) in [6, 6.07) is 12.4. The topological polar surface area (TPSA) is 52.6 Å². The Kier molecular flexibility index (Phi) is 8.38. The molecule has 26 heavy (non-hydrogen) atoms. The van der Waals surface area contributed by atoms with Crippen molar-refractivity contribution in [1.29, 1.82) is 0 Å². The molecule has 1 aromatic carbocycles. The maximum Gasteiger partial charge on any atom is 0.191 e. The molecule has 0 atom stereocenters. The van der Waals surface area contributed by atoms with Crippen molar-refractivity contribution in [3.8, 4) is 0 Å². The first kappa shape index (κ1) is 20.2. The van der Waals surface area contributed by atoms with Gasteiger partial charge >= 0.3 is 0 Å². The molecule has 0 bridgehead atoms. The van der Waals surface area contributed by atoms with E-state index < -0.39 is 0 Å². The summed E-state index contributed by atoms with van der Waals surface area (Å²) in [6.45, 7) is 5.27. The number of pyridine rings is 1. The number of nitrogens with zero attached hydrogens (tertiary/aromatic N) is 3. The Balaban J connectivity index is 1.90. The van der Waals surface area contributed by atoms with Crippen molar-refractivity contribution >= 4 is 17.6 Å². The van der Waals surface area contributed by atoms with Gasteiger partial charge in [-0.2, -0.15) is 0 Å². The normalized spacial score (nSPS) is 11.7. The monoisotopic (exact) mass is 373 g/mol. The van der Waals surface area contributed by atoms with Crippen LogP contribution in [-0.2, 0) is 19.5 Å². The fourth-order valence-corrected chi connectivity index (χ4v) is 2.69. The number of benzene rings is 1. The molecule has 2 N–H and O–H groups in total. The molecule has 0 radical (unpaired) electrons. The molecule has 0 saturated heterocycles. The molecule has 2 aromatic rings. The first-order valence-electron chi connectivity index (χ1n) is 8.92. The summed E-state index contributed by atoms with van der Waals surface area (Å²) in [7, 11) is 4.16. The average Bonchev–Trinajstić information content (AvgIpc) is 2.61. The van der Waals surface area contributed by atoms with Crippen LogP contribution in [0.1, 0.15) is 23.6 Å². The van der Waals surface area contributed by atoms with Gasteiger partial charge in [-0.25, -0.2) is 9.98 Å². The van der Waals surface area contributed by atoms with Crippen LogP contribution in [0.5, 0.6) is 0 Å². The highest BCUT2D eigenvalue weighted by molar-refractivity contribution is 6.29. The molecule has 0 aliphatic heterocycles. The molecule has 1 heterocycles. The van der Waals surface area contributed by atoms with E-state index in [4.69, 9.17) is 16.6 Å². The van der Waals surface area contributed by atoms with Crippen LogP contribution in [-0.4, -0.2) is 43.0 Å². The van der Waals surface area contributed by atoms with E-state index in [0.29, 0.717) is 11.7 Å². The molecule has 0 spiro atoms. The summed E-state index contributed by atoms with van der Waals surface area (Å²) in [6.07, 6.45) is 2.68. The number of aliphatic imine (C=N–C) groups is 1. The summed E-state index contributed by atoms with van der Waals surface area (Å²) in [4.78, 5) is 11.0. The standard InChI is InChI=1S/C20H28ClN5/c1-4-22-20(23-11-10-16-8-9-19(21)24-13-16)25-14-17-6-5-7-18(12-17)15-26(2)3/h5-9,12-13H,4,10-11,14-15H2,1-3H3,(H2,22,23,25). The Morgan fingerprint density at radius 3 is 2.62 bits per heavy atom. The second-order valence-electron chi connectivity index (χ2n) is 6.42. The van der Waals surface area contributed by atoms with Gasteiger partial charge in [-0.05, 0) is 50.2 Å². The van der Waals surface area contributed by atoms with Crippen LogP contribution < -0.4 is 10.6 Å². The Morgan fingerprint density at radius 2 is 1.92 bits per heavy atom. The molecule has 6 heteroatoms. The highest BCUT2D eigenvalue weighted by atomic mass is 35.5. The van der Waals surface area contributed by atoms with Crippen LogP contribution >= 0.6 is 11.6 Å². The summed E-state index contributed by atoms with van der Waals surface area (Å²) < 4.78 is 0. The molecule has 0 amide bonds. The van der Waals surface area contributed by atoms with Crippen molar-refractivity contribution in [2.45, 2.75) is 26.4 Å². The number of hydrogen-bond acceptors (Lipinski definition) is 3. The van der Waals surface area contributed by atoms with Gasteiger partial charge in [0.2, 0.25) is 0 Å². The molecule has 140 valence electrons. The second-order valence-corrected chi connectivity index (χ2v) is 6.81. The predicted octanol–water partition coefficient (Wildman–Crippen LogP) is 3.09. The lowest BCUT2D eigenvalue weighted by molar-refractivity contribution is 0.402. The van der Waals surface area contributed by atoms with E-state index in [9.17, 15) is 0 Å². The van der Waals surface area contributed by atoms with E-state index in [-0.39, 0.29) is 0 Å². The van der Waals surface area contributed by atoms with Crippen molar-refractivity contribution in [3.63, 3.8) is 0 Å². The SMILES string of the molecule is CCNC(=NCc1cccc(CN(C)C)c1)NCCc1ccc(Cl)nc1. The third-order valence-electron chi connectivity index (χ3n) is 3.75. The Hall–Kier alpha value is -2.11. The molecule has 1 aromatic heterocycles. The van der Waals surface area contributed by atoms with Crippen molar-refractivity contribution < 1.29 is 0 Å². The van der Waals surface area contributed by atoms with Crippen molar-refractivity contribution in [3.05, 3.63) is 64.4 Å². The van der Waals surface area contributed by atoms with Gasteiger partial charge in [0.1, 0.15) is 5.15 Å². The number of rotatable bonds is 8. The third-order valence-corrected chi connectivity index (χ3v) is 3.97. The van der Waals surface area contributed by atoms with E-state index in [2.05, 4.69) is 65.8 Å². The van der Waals surface area contributed by atoms with Crippen molar-refractivity contribution in [2.75, 3.05) is 27.2 Å². The van der Waals surface area contributed by atoms with E-state index in [0.717, 1.165) is 37.6 Å². The number of hydrogen-bond donors (Lipinski definition) is 2. The smallest absolute Gasteiger partial charge is 0.191 e. The highest BCUT2D eigenvalue weighted by Crippen LogP contribution is 2.08. The van der Waals surface area contributed by atoms with Crippen LogP contribution in [0.25, 0.3) is 0 Å². The number of aromatic nitrogens is 1. The molecule has 0 saturated carbocycles. The number of nitrogens with one attached hydrogen (secondary N) is 2. The molecule has 0 fully saturated rings. The van der Waals surface area contributed by atoms with E-state index in [1.165, 1.54) is 11.1 Å². The first-order chi connectivity index (χ1) is 12.6. The zero-order valence-electron chi connectivity index (χ0n) is 15.8. The van der Waals surface area contributed by atoms with Crippen LogP contribution in [0.3, 0.4) is 0 Å². The molecular weight excluding hydrogens is 346 g/mol. The maximum absolute atomic E-state index is 5.82. The fraction of sp³-hybridized carbons (Fsp3) is 0.400. The molecule has 0 unspecified atom stereocenters. The molecule has 0 aliphatic rings. The van der Waals surface area contributed by atoms with Gasteiger partial charge in [0.15, 0.2) is 5.96 Å². The minimum Gasteiger partial charge on any atom is -0.357 e. The lowest BCUT2D eigenvalue weighted by atomic mass is 10.1. The van der Waals surface area contributed by atoms with Crippen molar-refractivity contribution in [2.24, 2.45) is 4.99 Å². The lowest BCUT2D eigenvalue weighted by Gasteiger charge is -2.12. The van der Waals surface area contributed by atoms with Gasteiger partial charge in [-0.1, -0.05) is 41.9 Å². The first-order valence-corrected chi connectivity index (χ1v) is 9.29. The van der Waals surface area contributed by atoms with Crippen LogP contribution in [0.2, 0.25) is 5.15 Å². The van der Waals surface area contributed by atoms with Gasteiger partial charge in [-0.3, -0.25) is 0 Å². The average molecular weight is 374 g/mol. The maximum atomic E-state index is 5.82. The summed E-state index contributed by atoms with van der Waals surface area (Å²) in [5.41, 5.74) is 3.66. The predicted molar refractivity (Wildman–Crippen MR) is 110 cm³/mol. The lowest BCUT2D eigenvalue weighted by Crippen LogP contribution is -2.38. The second kappa shape index (κ2) is 10.8. The van der Waals surface area contributed by atoms with Gasteiger partial charge in [0.05, 0.1) is 6.54 Å².